The van der Waals surface area contributed by atoms with Crippen molar-refractivity contribution in [3.63, 3.8) is 0 Å². The number of hydrazone groups is 1. The van der Waals surface area contributed by atoms with Crippen LogP contribution in [0.5, 0.6) is 5.75 Å². The Morgan fingerprint density at radius 2 is 2.18 bits per heavy atom. The molecule has 7 heteroatoms. The molecule has 118 valence electrons. The fraction of sp³-hybridized carbons (Fsp3) is 0.267. The van der Waals surface area contributed by atoms with Gasteiger partial charge in [0.2, 0.25) is 0 Å². The molecule has 0 radical (unpaired) electrons. The topological polar surface area (TPSA) is 79.8 Å². The van der Waals surface area contributed by atoms with Crippen LogP contribution < -0.4 is 15.5 Å². The fourth-order valence-corrected chi connectivity index (χ4v) is 1.61. The van der Waals surface area contributed by atoms with Crippen molar-refractivity contribution in [3.8, 4) is 5.75 Å². The Bertz CT molecular complexity index is 573. The highest BCUT2D eigenvalue weighted by Gasteiger charge is 2.11. The van der Waals surface area contributed by atoms with E-state index in [2.05, 4.69) is 22.4 Å². The molecule has 0 fully saturated rings. The van der Waals surface area contributed by atoms with E-state index in [4.69, 9.17) is 16.3 Å². The first-order chi connectivity index (χ1) is 10.6. The highest BCUT2D eigenvalue weighted by Crippen LogP contribution is 2.21. The van der Waals surface area contributed by atoms with Gasteiger partial charge in [0.15, 0.2) is 0 Å². The van der Waals surface area contributed by atoms with Crippen LogP contribution in [0.25, 0.3) is 0 Å². The summed E-state index contributed by atoms with van der Waals surface area (Å²) in [6.07, 6.45) is 3.71. The summed E-state index contributed by atoms with van der Waals surface area (Å²) in [5.74, 6) is -1.02. The molecule has 0 heterocycles. The molecule has 1 rings (SSSR count). The average Bonchev–Trinajstić information content (AvgIpc) is 2.51. The van der Waals surface area contributed by atoms with Crippen LogP contribution >= 0.6 is 11.6 Å². The second-order valence-electron chi connectivity index (χ2n) is 4.24. The molecule has 0 atom stereocenters. The molecule has 0 aromatic heterocycles. The molecule has 0 saturated heterocycles. The number of ether oxygens (including phenoxy) is 1. The Balaban J connectivity index is 2.68. The molecular formula is C15H18ClN3O3. The second-order valence-corrected chi connectivity index (χ2v) is 4.67. The first kappa shape index (κ1) is 17.7. The predicted octanol–water partition coefficient (Wildman–Crippen LogP) is 1.88. The van der Waals surface area contributed by atoms with Gasteiger partial charge in [-0.1, -0.05) is 31.2 Å². The Morgan fingerprint density at radius 3 is 2.86 bits per heavy atom. The van der Waals surface area contributed by atoms with E-state index in [1.807, 2.05) is 6.92 Å². The van der Waals surface area contributed by atoms with Crippen molar-refractivity contribution in [2.75, 3.05) is 13.2 Å². The van der Waals surface area contributed by atoms with Crippen molar-refractivity contribution in [2.45, 2.75) is 13.3 Å². The molecule has 22 heavy (non-hydrogen) atoms. The van der Waals surface area contributed by atoms with Gasteiger partial charge in [0.05, 0.1) is 6.21 Å². The molecule has 0 aliphatic rings. The standard InChI is InChI=1S/C15H18ClN3O3/c1-3-7-17-14(20)15(21)19-18-10-11-9-12(16)5-6-13(11)22-8-4-2/h4-6,9-10H,2-3,7-8H2,1H3,(H,17,20)(H,19,21)/b18-10-. The van der Waals surface area contributed by atoms with Crippen LogP contribution in [-0.4, -0.2) is 31.2 Å². The summed E-state index contributed by atoms with van der Waals surface area (Å²) in [5, 5.41) is 6.68. The largest absolute Gasteiger partial charge is 0.489 e. The summed E-state index contributed by atoms with van der Waals surface area (Å²) < 4.78 is 5.44. The number of carbonyl (C=O) groups is 2. The fourth-order valence-electron chi connectivity index (χ4n) is 1.43. The zero-order valence-corrected chi connectivity index (χ0v) is 13.0. The van der Waals surface area contributed by atoms with E-state index in [-0.39, 0.29) is 0 Å². The van der Waals surface area contributed by atoms with E-state index in [1.54, 1.807) is 24.3 Å². The van der Waals surface area contributed by atoms with Gasteiger partial charge in [-0.3, -0.25) is 9.59 Å². The Labute approximate surface area is 134 Å². The number of nitrogens with zero attached hydrogens (tertiary/aromatic N) is 1. The van der Waals surface area contributed by atoms with E-state index < -0.39 is 11.8 Å². The average molecular weight is 324 g/mol. The Morgan fingerprint density at radius 1 is 1.41 bits per heavy atom. The van der Waals surface area contributed by atoms with Crippen molar-refractivity contribution < 1.29 is 14.3 Å². The van der Waals surface area contributed by atoms with Crippen molar-refractivity contribution in [1.29, 1.82) is 0 Å². The minimum Gasteiger partial charge on any atom is -0.489 e. The summed E-state index contributed by atoms with van der Waals surface area (Å²) in [6.45, 7) is 6.22. The number of amides is 2. The third-order valence-corrected chi connectivity index (χ3v) is 2.68. The molecule has 1 aromatic carbocycles. The lowest BCUT2D eigenvalue weighted by Crippen LogP contribution is -2.38. The van der Waals surface area contributed by atoms with Gasteiger partial charge in [-0.15, -0.1) is 0 Å². The van der Waals surface area contributed by atoms with Crippen LogP contribution in [0.1, 0.15) is 18.9 Å². The molecule has 0 aliphatic carbocycles. The van der Waals surface area contributed by atoms with Crippen LogP contribution in [0, 0.1) is 0 Å². The summed E-state index contributed by atoms with van der Waals surface area (Å²) in [4.78, 5) is 22.8. The van der Waals surface area contributed by atoms with Crippen LogP contribution in [0.3, 0.4) is 0 Å². The first-order valence-electron chi connectivity index (χ1n) is 6.73. The van der Waals surface area contributed by atoms with Gasteiger partial charge < -0.3 is 10.1 Å². The van der Waals surface area contributed by atoms with Crippen molar-refractivity contribution >= 4 is 29.6 Å². The van der Waals surface area contributed by atoms with E-state index in [1.165, 1.54) is 6.21 Å². The summed E-state index contributed by atoms with van der Waals surface area (Å²) >= 11 is 5.91. The van der Waals surface area contributed by atoms with E-state index in [0.29, 0.717) is 29.5 Å². The minimum atomic E-state index is -0.833. The van der Waals surface area contributed by atoms with Crippen LogP contribution in [0.2, 0.25) is 5.02 Å². The number of nitrogens with one attached hydrogen (secondary N) is 2. The molecule has 2 N–H and O–H groups in total. The lowest BCUT2D eigenvalue weighted by molar-refractivity contribution is -0.139. The third-order valence-electron chi connectivity index (χ3n) is 2.44. The maximum absolute atomic E-state index is 11.5. The van der Waals surface area contributed by atoms with Crippen molar-refractivity contribution in [3.05, 3.63) is 41.4 Å². The summed E-state index contributed by atoms with van der Waals surface area (Å²) in [7, 11) is 0. The lowest BCUT2D eigenvalue weighted by Gasteiger charge is -2.07. The van der Waals surface area contributed by atoms with Crippen LogP contribution in [-0.2, 0) is 9.59 Å². The Hall–Kier alpha value is -2.34. The predicted molar refractivity (Wildman–Crippen MR) is 86.2 cm³/mol. The molecule has 1 aromatic rings. The van der Waals surface area contributed by atoms with Gasteiger partial charge in [0.25, 0.3) is 0 Å². The number of carbonyl (C=O) groups excluding carboxylic acids is 2. The summed E-state index contributed by atoms with van der Waals surface area (Å²) in [5.41, 5.74) is 2.72. The van der Waals surface area contributed by atoms with Crippen LogP contribution in [0.4, 0.5) is 0 Å². The molecule has 0 aliphatic heterocycles. The zero-order valence-electron chi connectivity index (χ0n) is 12.3. The number of hydrogen-bond acceptors (Lipinski definition) is 4. The first-order valence-corrected chi connectivity index (χ1v) is 7.10. The molecule has 2 amide bonds. The number of halogens is 1. The second kappa shape index (κ2) is 9.57. The van der Waals surface area contributed by atoms with E-state index in [0.717, 1.165) is 6.42 Å². The summed E-state index contributed by atoms with van der Waals surface area (Å²) in [6, 6.07) is 4.99. The molecule has 6 nitrogen and oxygen atoms in total. The molecule has 0 unspecified atom stereocenters. The smallest absolute Gasteiger partial charge is 0.329 e. The minimum absolute atomic E-state index is 0.328. The third kappa shape index (κ3) is 5.97. The maximum atomic E-state index is 11.5. The Kier molecular flexibility index (Phi) is 7.70. The van der Waals surface area contributed by atoms with Gasteiger partial charge >= 0.3 is 11.8 Å². The molecular weight excluding hydrogens is 306 g/mol. The monoisotopic (exact) mass is 323 g/mol. The van der Waals surface area contributed by atoms with Crippen molar-refractivity contribution in [2.24, 2.45) is 5.10 Å². The van der Waals surface area contributed by atoms with Gasteiger partial charge in [-0.25, -0.2) is 5.43 Å². The maximum Gasteiger partial charge on any atom is 0.329 e. The molecule has 0 bridgehead atoms. The van der Waals surface area contributed by atoms with Crippen molar-refractivity contribution in [1.82, 2.24) is 10.7 Å². The number of hydrogen-bond donors (Lipinski definition) is 2. The quantitative estimate of drug-likeness (QED) is 0.348. The van der Waals surface area contributed by atoms with Gasteiger partial charge in [0.1, 0.15) is 12.4 Å². The lowest BCUT2D eigenvalue weighted by atomic mass is 10.2. The van der Waals surface area contributed by atoms with Gasteiger partial charge in [-0.2, -0.15) is 5.10 Å². The normalized spacial score (nSPS) is 10.3. The van der Waals surface area contributed by atoms with Gasteiger partial charge in [-0.05, 0) is 24.6 Å². The highest BCUT2D eigenvalue weighted by molar-refractivity contribution is 6.35. The molecule has 0 saturated carbocycles. The zero-order chi connectivity index (χ0) is 16.4. The van der Waals surface area contributed by atoms with E-state index >= 15 is 0 Å². The van der Waals surface area contributed by atoms with E-state index in [9.17, 15) is 9.59 Å². The SMILES string of the molecule is C=CCOc1ccc(Cl)cc1/C=N\NC(=O)C(=O)NCCC. The van der Waals surface area contributed by atoms with Crippen LogP contribution in [0.15, 0.2) is 36.0 Å². The van der Waals surface area contributed by atoms with Gasteiger partial charge in [0, 0.05) is 17.1 Å². The number of rotatable bonds is 7. The molecule has 0 spiro atoms. The number of benzene rings is 1. The highest BCUT2D eigenvalue weighted by atomic mass is 35.5.